The van der Waals surface area contributed by atoms with Crippen LogP contribution in [-0.2, 0) is 14.8 Å². The van der Waals surface area contributed by atoms with Crippen LogP contribution in [0.25, 0.3) is 0 Å². The van der Waals surface area contributed by atoms with E-state index in [1.807, 2.05) is 5.32 Å². The van der Waals surface area contributed by atoms with Crippen LogP contribution in [0.3, 0.4) is 0 Å². The summed E-state index contributed by atoms with van der Waals surface area (Å²) in [5, 5.41) is 10.4. The summed E-state index contributed by atoms with van der Waals surface area (Å²) in [6.07, 6.45) is 0. The first kappa shape index (κ1) is 16.8. The highest BCUT2D eigenvalue weighted by Crippen LogP contribution is 2.25. The van der Waals surface area contributed by atoms with Gasteiger partial charge < -0.3 is 10.4 Å². The van der Waals surface area contributed by atoms with Crippen LogP contribution in [0.4, 0.5) is 18.9 Å². The maximum Gasteiger partial charge on any atom is 0.516 e. The van der Waals surface area contributed by atoms with Gasteiger partial charge in [-0.05, 0) is 24.3 Å². The van der Waals surface area contributed by atoms with E-state index in [0.717, 1.165) is 24.3 Å². The molecule has 0 aliphatic heterocycles. The summed E-state index contributed by atoms with van der Waals surface area (Å²) < 4.78 is 59.4. The van der Waals surface area contributed by atoms with E-state index in [4.69, 9.17) is 5.11 Å². The van der Waals surface area contributed by atoms with Crippen molar-refractivity contribution in [1.29, 1.82) is 0 Å². The summed E-state index contributed by atoms with van der Waals surface area (Å²) >= 11 is 0. The molecule has 1 aromatic carbocycles. The molecule has 0 saturated carbocycles. The van der Waals surface area contributed by atoms with Gasteiger partial charge in [0.05, 0.1) is 0 Å². The molecule has 11 heteroatoms. The fourth-order valence-electron chi connectivity index (χ4n) is 1.16. The Morgan fingerprint density at radius 3 is 2.10 bits per heavy atom. The molecule has 0 radical (unpaired) electrons. The van der Waals surface area contributed by atoms with Crippen LogP contribution in [0.15, 0.2) is 24.3 Å². The predicted octanol–water partition coefficient (Wildman–Crippen LogP) is 0.762. The van der Waals surface area contributed by atoms with Gasteiger partial charge in [-0.15, -0.1) is 0 Å². The van der Waals surface area contributed by atoms with Crippen molar-refractivity contribution in [1.82, 2.24) is 5.32 Å². The van der Waals surface area contributed by atoms with E-state index >= 15 is 0 Å². The summed E-state index contributed by atoms with van der Waals surface area (Å²) in [5.74, 6) is -2.03. The number of sulfonamides is 1. The van der Waals surface area contributed by atoms with E-state index in [0.29, 0.717) is 0 Å². The Hall–Kier alpha value is -2.30. The second kappa shape index (κ2) is 5.99. The van der Waals surface area contributed by atoms with E-state index in [1.165, 1.54) is 4.72 Å². The second-order valence-corrected chi connectivity index (χ2v) is 5.38. The van der Waals surface area contributed by atoms with Crippen molar-refractivity contribution in [2.75, 3.05) is 11.3 Å². The van der Waals surface area contributed by atoms with Crippen molar-refractivity contribution in [3.63, 3.8) is 0 Å². The summed E-state index contributed by atoms with van der Waals surface area (Å²) in [7, 11) is -5.53. The van der Waals surface area contributed by atoms with Crippen molar-refractivity contribution in [3.8, 4) is 0 Å². The topological polar surface area (TPSA) is 113 Å². The molecular formula is C10H9F3N2O5S. The van der Waals surface area contributed by atoms with Crippen LogP contribution in [0.5, 0.6) is 0 Å². The molecular weight excluding hydrogens is 317 g/mol. The van der Waals surface area contributed by atoms with Gasteiger partial charge in [-0.3, -0.25) is 14.3 Å². The Bertz CT molecular complexity index is 640. The van der Waals surface area contributed by atoms with Gasteiger partial charge in [0.1, 0.15) is 6.54 Å². The van der Waals surface area contributed by atoms with Gasteiger partial charge >= 0.3 is 21.5 Å². The van der Waals surface area contributed by atoms with Crippen LogP contribution in [-0.4, -0.2) is 37.5 Å². The smallest absolute Gasteiger partial charge is 0.480 e. The highest BCUT2D eigenvalue weighted by atomic mass is 32.2. The van der Waals surface area contributed by atoms with E-state index < -0.39 is 34.0 Å². The number of hydrogen-bond donors (Lipinski definition) is 3. The Morgan fingerprint density at radius 1 is 1.14 bits per heavy atom. The van der Waals surface area contributed by atoms with Gasteiger partial charge in [-0.25, -0.2) is 0 Å². The molecule has 0 unspecified atom stereocenters. The third-order valence-electron chi connectivity index (χ3n) is 2.10. The standard InChI is InChI=1S/C10H9F3N2O5S/c11-10(12,13)21(19,20)15-7-3-1-6(2-4-7)9(18)14-5-8(16)17/h1-4,15H,5H2,(H,14,18)(H,16,17). The van der Waals surface area contributed by atoms with Gasteiger partial charge in [0, 0.05) is 11.3 Å². The summed E-state index contributed by atoms with van der Waals surface area (Å²) in [6.45, 7) is -0.624. The number of carboxylic acids is 1. The minimum Gasteiger partial charge on any atom is -0.480 e. The number of carbonyl (C=O) groups is 2. The Kier molecular flexibility index (Phi) is 4.78. The Morgan fingerprint density at radius 2 is 1.67 bits per heavy atom. The van der Waals surface area contributed by atoms with Gasteiger partial charge in [0.2, 0.25) is 0 Å². The molecule has 1 rings (SSSR count). The third kappa shape index (κ3) is 4.63. The second-order valence-electron chi connectivity index (χ2n) is 3.71. The maximum atomic E-state index is 12.1. The van der Waals surface area contributed by atoms with Gasteiger partial charge in [0.25, 0.3) is 5.91 Å². The van der Waals surface area contributed by atoms with Gasteiger partial charge in [-0.1, -0.05) is 0 Å². The molecule has 0 saturated heterocycles. The van der Waals surface area contributed by atoms with Crippen molar-refractivity contribution < 1.29 is 36.3 Å². The lowest BCUT2D eigenvalue weighted by atomic mass is 10.2. The summed E-state index contributed by atoms with van der Waals surface area (Å²) in [5.41, 5.74) is -5.88. The molecule has 0 heterocycles. The number of amides is 1. The maximum absolute atomic E-state index is 12.1. The molecule has 0 aliphatic rings. The Labute approximate surface area is 116 Å². The first-order valence-corrected chi connectivity index (χ1v) is 6.70. The predicted molar refractivity (Wildman–Crippen MR) is 65.0 cm³/mol. The number of benzene rings is 1. The number of alkyl halides is 3. The average molecular weight is 326 g/mol. The Balaban J connectivity index is 2.80. The molecule has 1 aromatic rings. The molecule has 0 spiro atoms. The molecule has 21 heavy (non-hydrogen) atoms. The number of carbonyl (C=O) groups excluding carboxylic acids is 1. The number of aliphatic carboxylic acids is 1. The summed E-state index contributed by atoms with van der Waals surface area (Å²) in [6, 6.07) is 3.98. The zero-order chi connectivity index (χ0) is 16.3. The first-order chi connectivity index (χ1) is 9.53. The minimum absolute atomic E-state index is 0.0359. The molecule has 0 fully saturated rings. The lowest BCUT2D eigenvalue weighted by Crippen LogP contribution is -2.30. The van der Waals surface area contributed by atoms with E-state index in [9.17, 15) is 31.2 Å². The SMILES string of the molecule is O=C(O)CNC(=O)c1ccc(NS(=O)(=O)C(F)(F)F)cc1. The molecule has 0 bridgehead atoms. The molecule has 0 aliphatic carbocycles. The summed E-state index contributed by atoms with van der Waals surface area (Å²) in [4.78, 5) is 21.7. The number of halogens is 3. The average Bonchev–Trinajstić information content (AvgIpc) is 2.35. The van der Waals surface area contributed by atoms with Crippen LogP contribution >= 0.6 is 0 Å². The molecule has 0 atom stereocenters. The number of nitrogens with one attached hydrogen (secondary N) is 2. The van der Waals surface area contributed by atoms with E-state index in [2.05, 4.69) is 0 Å². The first-order valence-electron chi connectivity index (χ1n) is 5.22. The highest BCUT2D eigenvalue weighted by molar-refractivity contribution is 7.93. The number of rotatable bonds is 5. The number of anilines is 1. The normalized spacial score (nSPS) is 11.8. The fraction of sp³-hybridized carbons (Fsp3) is 0.200. The zero-order valence-electron chi connectivity index (χ0n) is 10.1. The van der Waals surface area contributed by atoms with Crippen molar-refractivity contribution in [2.24, 2.45) is 0 Å². The highest BCUT2D eigenvalue weighted by Gasteiger charge is 2.45. The lowest BCUT2D eigenvalue weighted by Gasteiger charge is -2.10. The molecule has 3 N–H and O–H groups in total. The third-order valence-corrected chi connectivity index (χ3v) is 3.22. The van der Waals surface area contributed by atoms with Crippen LogP contribution in [0, 0.1) is 0 Å². The molecule has 0 aromatic heterocycles. The van der Waals surface area contributed by atoms with Crippen LogP contribution < -0.4 is 10.0 Å². The number of carboxylic acid groups (broad SMARTS) is 1. The van der Waals surface area contributed by atoms with Crippen LogP contribution in [0.1, 0.15) is 10.4 Å². The van der Waals surface area contributed by atoms with Crippen molar-refractivity contribution >= 4 is 27.6 Å². The monoisotopic (exact) mass is 326 g/mol. The quantitative estimate of drug-likeness (QED) is 0.739. The van der Waals surface area contributed by atoms with Crippen LogP contribution in [0.2, 0.25) is 0 Å². The van der Waals surface area contributed by atoms with E-state index in [-0.39, 0.29) is 11.3 Å². The van der Waals surface area contributed by atoms with Crippen molar-refractivity contribution in [2.45, 2.75) is 5.51 Å². The molecule has 116 valence electrons. The molecule has 1 amide bonds. The zero-order valence-corrected chi connectivity index (χ0v) is 11.0. The van der Waals surface area contributed by atoms with E-state index in [1.54, 1.807) is 0 Å². The molecule has 7 nitrogen and oxygen atoms in total. The van der Waals surface area contributed by atoms with Gasteiger partial charge in [0.15, 0.2) is 0 Å². The lowest BCUT2D eigenvalue weighted by molar-refractivity contribution is -0.135. The van der Waals surface area contributed by atoms with Gasteiger partial charge in [-0.2, -0.15) is 21.6 Å². The number of hydrogen-bond acceptors (Lipinski definition) is 4. The largest absolute Gasteiger partial charge is 0.516 e. The van der Waals surface area contributed by atoms with Crippen molar-refractivity contribution in [3.05, 3.63) is 29.8 Å². The fourth-order valence-corrected chi connectivity index (χ4v) is 1.72. The minimum atomic E-state index is -5.53.